The molecule has 0 bridgehead atoms. The standard InChI is InChI=1S/C26H35N7O2/c1-6-21-15-33(23-12-25(34)30(4)24-16-31(11-10-27)29-26(23)24)22(7-2)14-32(21)18(3)19-8-9-20(17-35-5)28-13-19/h8-9,12-13,16,18,21-22H,6-7,11,14-15,17H2,1-5H3/t18-,21+,22-/m0/s1. The number of nitrogens with zero attached hydrogens (tertiary/aromatic N) is 7. The molecule has 0 aliphatic carbocycles. The Bertz CT molecular complexity index is 1260. The molecule has 4 rings (SSSR count). The Balaban J connectivity index is 1.67. The van der Waals surface area contributed by atoms with Gasteiger partial charge < -0.3 is 14.2 Å². The molecule has 0 unspecified atom stereocenters. The third-order valence-electron chi connectivity index (χ3n) is 7.28. The van der Waals surface area contributed by atoms with Gasteiger partial charge in [-0.2, -0.15) is 10.4 Å². The highest BCUT2D eigenvalue weighted by Gasteiger charge is 2.36. The molecule has 35 heavy (non-hydrogen) atoms. The summed E-state index contributed by atoms with van der Waals surface area (Å²) in [7, 11) is 3.43. The third kappa shape index (κ3) is 4.81. The summed E-state index contributed by atoms with van der Waals surface area (Å²) in [4.78, 5) is 22.4. The van der Waals surface area contributed by atoms with E-state index >= 15 is 0 Å². The third-order valence-corrected chi connectivity index (χ3v) is 7.28. The normalized spacial score (nSPS) is 19.7. The van der Waals surface area contributed by atoms with E-state index < -0.39 is 0 Å². The maximum atomic E-state index is 12.8. The van der Waals surface area contributed by atoms with Gasteiger partial charge in [0.15, 0.2) is 0 Å². The molecule has 0 aromatic carbocycles. The summed E-state index contributed by atoms with van der Waals surface area (Å²) in [5, 5.41) is 13.8. The van der Waals surface area contributed by atoms with Crippen molar-refractivity contribution in [3.05, 3.63) is 52.2 Å². The van der Waals surface area contributed by atoms with Crippen molar-refractivity contribution in [2.45, 2.75) is 64.9 Å². The lowest BCUT2D eigenvalue weighted by atomic mass is 9.97. The van der Waals surface area contributed by atoms with Gasteiger partial charge in [0.1, 0.15) is 12.1 Å². The van der Waals surface area contributed by atoms with Crippen molar-refractivity contribution in [1.82, 2.24) is 24.2 Å². The van der Waals surface area contributed by atoms with Crippen molar-refractivity contribution in [3.63, 3.8) is 0 Å². The number of methoxy groups -OCH3 is 1. The maximum Gasteiger partial charge on any atom is 0.252 e. The van der Waals surface area contributed by atoms with Gasteiger partial charge in [-0.05, 0) is 31.4 Å². The van der Waals surface area contributed by atoms with Crippen LogP contribution in [0.1, 0.15) is 50.9 Å². The van der Waals surface area contributed by atoms with E-state index in [4.69, 9.17) is 10.00 Å². The second kappa shape index (κ2) is 10.6. The summed E-state index contributed by atoms with van der Waals surface area (Å²) in [6.45, 7) is 9.01. The average molecular weight is 478 g/mol. The predicted octanol–water partition coefficient (Wildman–Crippen LogP) is 3.24. The van der Waals surface area contributed by atoms with Gasteiger partial charge in [-0.1, -0.05) is 19.9 Å². The van der Waals surface area contributed by atoms with Crippen LogP contribution in [0, 0.1) is 11.3 Å². The minimum Gasteiger partial charge on any atom is -0.378 e. The number of hydrogen-bond acceptors (Lipinski definition) is 7. The molecule has 1 aliphatic heterocycles. The first kappa shape index (κ1) is 24.9. The van der Waals surface area contributed by atoms with Crippen LogP contribution >= 0.6 is 0 Å². The fraction of sp³-hybridized carbons (Fsp3) is 0.538. The van der Waals surface area contributed by atoms with Crippen LogP contribution in [0.5, 0.6) is 0 Å². The molecule has 0 radical (unpaired) electrons. The van der Waals surface area contributed by atoms with Crippen LogP contribution < -0.4 is 10.5 Å². The van der Waals surface area contributed by atoms with Crippen LogP contribution in [0.15, 0.2) is 35.4 Å². The van der Waals surface area contributed by atoms with Crippen LogP contribution in [0.25, 0.3) is 11.0 Å². The summed E-state index contributed by atoms with van der Waals surface area (Å²) in [5.74, 6) is 0. The number of rotatable bonds is 8. The Morgan fingerprint density at radius 1 is 1.23 bits per heavy atom. The number of nitriles is 1. The van der Waals surface area contributed by atoms with Gasteiger partial charge in [-0.25, -0.2) is 0 Å². The van der Waals surface area contributed by atoms with Gasteiger partial charge in [-0.15, -0.1) is 0 Å². The van der Waals surface area contributed by atoms with E-state index in [1.54, 1.807) is 35.7 Å². The molecule has 0 saturated carbocycles. The quantitative estimate of drug-likeness (QED) is 0.492. The Kier molecular flexibility index (Phi) is 7.53. The second-order valence-corrected chi connectivity index (χ2v) is 9.31. The zero-order valence-corrected chi connectivity index (χ0v) is 21.3. The molecule has 0 N–H and O–H groups in total. The minimum atomic E-state index is -0.0649. The minimum absolute atomic E-state index is 0.0649. The van der Waals surface area contributed by atoms with Gasteiger partial charge in [0.2, 0.25) is 0 Å². The highest BCUT2D eigenvalue weighted by atomic mass is 16.5. The Morgan fingerprint density at radius 2 is 2.00 bits per heavy atom. The molecule has 9 heteroatoms. The van der Waals surface area contributed by atoms with E-state index in [1.165, 1.54) is 5.56 Å². The topological polar surface area (TPSA) is 92.2 Å². The second-order valence-electron chi connectivity index (χ2n) is 9.31. The van der Waals surface area contributed by atoms with E-state index in [-0.39, 0.29) is 24.2 Å². The number of fused-ring (bicyclic) bond motifs is 1. The monoisotopic (exact) mass is 477 g/mol. The number of pyridine rings is 2. The fourth-order valence-electron chi connectivity index (χ4n) is 5.17. The molecule has 0 spiro atoms. The van der Waals surface area contributed by atoms with Gasteiger partial charge in [0.25, 0.3) is 5.56 Å². The number of hydrogen-bond donors (Lipinski definition) is 0. The van der Waals surface area contributed by atoms with E-state index in [0.717, 1.165) is 48.3 Å². The number of ether oxygens (including phenoxy) is 1. The average Bonchev–Trinajstić information content (AvgIpc) is 3.30. The predicted molar refractivity (Wildman–Crippen MR) is 136 cm³/mol. The van der Waals surface area contributed by atoms with Gasteiger partial charge in [-0.3, -0.25) is 19.4 Å². The lowest BCUT2D eigenvalue weighted by Gasteiger charge is -2.49. The van der Waals surface area contributed by atoms with Crippen molar-refractivity contribution >= 4 is 16.7 Å². The summed E-state index contributed by atoms with van der Waals surface area (Å²) in [6.07, 6.45) is 5.69. The fourth-order valence-corrected chi connectivity index (χ4v) is 5.17. The molecular formula is C26H35N7O2. The van der Waals surface area contributed by atoms with E-state index in [2.05, 4.69) is 52.8 Å². The lowest BCUT2D eigenvalue weighted by Crippen LogP contribution is -2.58. The largest absolute Gasteiger partial charge is 0.378 e. The van der Waals surface area contributed by atoms with Crippen molar-refractivity contribution in [2.24, 2.45) is 7.05 Å². The SMILES string of the molecule is CC[C@H]1CN([C@@H](C)c2ccc(COC)nc2)[C@H](CC)CN1c1cc(=O)n(C)c2cn(CC#N)nc12. The number of piperazine rings is 1. The van der Waals surface area contributed by atoms with Crippen molar-refractivity contribution < 1.29 is 4.74 Å². The van der Waals surface area contributed by atoms with Gasteiger partial charge >= 0.3 is 0 Å². The maximum absolute atomic E-state index is 12.8. The molecule has 0 amide bonds. The smallest absolute Gasteiger partial charge is 0.252 e. The summed E-state index contributed by atoms with van der Waals surface area (Å²) >= 11 is 0. The Hall–Kier alpha value is -3.22. The lowest BCUT2D eigenvalue weighted by molar-refractivity contribution is 0.101. The van der Waals surface area contributed by atoms with Crippen LogP contribution in [0.2, 0.25) is 0 Å². The van der Waals surface area contributed by atoms with Crippen LogP contribution in [-0.4, -0.2) is 56.5 Å². The first-order valence-corrected chi connectivity index (χ1v) is 12.3. The molecule has 3 aromatic heterocycles. The summed E-state index contributed by atoms with van der Waals surface area (Å²) in [5.41, 5.74) is 4.45. The van der Waals surface area contributed by atoms with E-state index in [9.17, 15) is 4.79 Å². The molecule has 1 fully saturated rings. The molecule has 9 nitrogen and oxygen atoms in total. The van der Waals surface area contributed by atoms with Crippen LogP contribution in [0.3, 0.4) is 0 Å². The van der Waals surface area contributed by atoms with Crippen molar-refractivity contribution in [2.75, 3.05) is 25.1 Å². The molecular weight excluding hydrogens is 442 g/mol. The van der Waals surface area contributed by atoms with Gasteiger partial charge in [0, 0.05) is 57.6 Å². The first-order chi connectivity index (χ1) is 16.9. The zero-order valence-electron chi connectivity index (χ0n) is 21.3. The van der Waals surface area contributed by atoms with Crippen LogP contribution in [0.4, 0.5) is 5.69 Å². The molecule has 3 aromatic rings. The number of aromatic nitrogens is 4. The first-order valence-electron chi connectivity index (χ1n) is 12.3. The number of aryl methyl sites for hydroxylation is 1. The van der Waals surface area contributed by atoms with Crippen LogP contribution in [-0.2, 0) is 24.9 Å². The highest BCUT2D eigenvalue weighted by molar-refractivity contribution is 5.88. The summed E-state index contributed by atoms with van der Waals surface area (Å²) in [6, 6.07) is 8.80. The summed E-state index contributed by atoms with van der Waals surface area (Å²) < 4.78 is 8.42. The Morgan fingerprint density at radius 3 is 2.63 bits per heavy atom. The molecule has 3 atom stereocenters. The molecule has 1 aliphatic rings. The van der Waals surface area contributed by atoms with E-state index in [0.29, 0.717) is 12.6 Å². The van der Waals surface area contributed by atoms with Gasteiger partial charge in [0.05, 0.1) is 35.8 Å². The van der Waals surface area contributed by atoms with Crippen molar-refractivity contribution in [3.8, 4) is 6.07 Å². The van der Waals surface area contributed by atoms with Crippen molar-refractivity contribution in [1.29, 1.82) is 5.26 Å². The number of anilines is 1. The highest BCUT2D eigenvalue weighted by Crippen LogP contribution is 2.34. The molecule has 1 saturated heterocycles. The van der Waals surface area contributed by atoms with E-state index in [1.807, 2.05) is 12.3 Å². The molecule has 186 valence electrons. The Labute approximate surface area is 206 Å². The zero-order chi connectivity index (χ0) is 25.1. The molecule has 4 heterocycles.